The van der Waals surface area contributed by atoms with Gasteiger partial charge in [0.05, 0.1) is 11.9 Å². The first-order valence-electron chi connectivity index (χ1n) is 6.52. The molecule has 0 bridgehead atoms. The summed E-state index contributed by atoms with van der Waals surface area (Å²) < 4.78 is 28.3. The first kappa shape index (κ1) is 16.9. The van der Waals surface area contributed by atoms with E-state index in [1.807, 2.05) is 13.8 Å². The highest BCUT2D eigenvalue weighted by Crippen LogP contribution is 2.08. The van der Waals surface area contributed by atoms with Crippen LogP contribution in [0.3, 0.4) is 0 Å². The Kier molecular flexibility index (Phi) is 8.82. The number of ether oxygens (including phenoxy) is 1. The largest absolute Gasteiger partial charge is 0.377 e. The molecule has 4 nitrogen and oxygen atoms in total. The predicted molar refractivity (Wildman–Crippen MR) is 72.1 cm³/mol. The van der Waals surface area contributed by atoms with Crippen molar-refractivity contribution in [1.29, 1.82) is 0 Å². The van der Waals surface area contributed by atoms with Gasteiger partial charge in [0.25, 0.3) is 0 Å². The van der Waals surface area contributed by atoms with Crippen LogP contribution in [0.1, 0.15) is 40.5 Å². The van der Waals surface area contributed by atoms with Gasteiger partial charge in [0.1, 0.15) is 9.84 Å². The van der Waals surface area contributed by atoms with Gasteiger partial charge in [-0.15, -0.1) is 0 Å². The fourth-order valence-electron chi connectivity index (χ4n) is 1.81. The Labute approximate surface area is 106 Å². The molecular formula is C12H27NO3S. The van der Waals surface area contributed by atoms with Crippen LogP contribution in [0.2, 0.25) is 0 Å². The Morgan fingerprint density at radius 3 is 2.35 bits per heavy atom. The summed E-state index contributed by atoms with van der Waals surface area (Å²) in [6, 6.07) is 0.243. The van der Waals surface area contributed by atoms with E-state index in [9.17, 15) is 8.42 Å². The molecule has 0 amide bonds. The molecule has 104 valence electrons. The molecule has 0 aromatic heterocycles. The van der Waals surface area contributed by atoms with E-state index in [0.717, 1.165) is 13.0 Å². The Hall–Kier alpha value is -0.130. The Morgan fingerprint density at radius 2 is 1.88 bits per heavy atom. The maximum absolute atomic E-state index is 11.4. The van der Waals surface area contributed by atoms with Crippen molar-refractivity contribution in [2.75, 3.05) is 24.7 Å². The lowest BCUT2D eigenvalue weighted by molar-refractivity contribution is 0.0455. The van der Waals surface area contributed by atoms with Gasteiger partial charge in [-0.25, -0.2) is 8.42 Å². The average molecular weight is 265 g/mol. The maximum Gasteiger partial charge on any atom is 0.150 e. The van der Waals surface area contributed by atoms with Gasteiger partial charge in [-0.1, -0.05) is 13.8 Å². The van der Waals surface area contributed by atoms with Crippen molar-refractivity contribution in [3.63, 3.8) is 0 Å². The van der Waals surface area contributed by atoms with Crippen molar-refractivity contribution >= 4 is 9.84 Å². The van der Waals surface area contributed by atoms with E-state index in [1.54, 1.807) is 6.92 Å². The van der Waals surface area contributed by atoms with Gasteiger partial charge in [0.2, 0.25) is 0 Å². The van der Waals surface area contributed by atoms with Crippen molar-refractivity contribution in [3.8, 4) is 0 Å². The van der Waals surface area contributed by atoms with Gasteiger partial charge in [0.15, 0.2) is 0 Å². The lowest BCUT2D eigenvalue weighted by Gasteiger charge is -2.24. The van der Waals surface area contributed by atoms with Gasteiger partial charge in [-0.05, 0) is 33.2 Å². The molecule has 2 unspecified atom stereocenters. The fourth-order valence-corrected chi connectivity index (χ4v) is 2.71. The Balaban J connectivity index is 4.09. The first-order chi connectivity index (χ1) is 7.96. The van der Waals surface area contributed by atoms with Crippen molar-refractivity contribution in [2.24, 2.45) is 0 Å². The monoisotopic (exact) mass is 265 g/mol. The molecule has 1 N–H and O–H groups in total. The van der Waals surface area contributed by atoms with Crippen LogP contribution in [-0.4, -0.2) is 45.2 Å². The molecule has 0 aromatic rings. The van der Waals surface area contributed by atoms with Gasteiger partial charge >= 0.3 is 0 Å². The first-order valence-corrected chi connectivity index (χ1v) is 8.34. The molecule has 0 spiro atoms. The molecule has 0 aliphatic rings. The molecule has 0 aromatic carbocycles. The molecule has 5 heteroatoms. The van der Waals surface area contributed by atoms with Gasteiger partial charge in [0, 0.05) is 18.4 Å². The molecular weight excluding hydrogens is 238 g/mol. The second kappa shape index (κ2) is 8.89. The minimum absolute atomic E-state index is 0.129. The number of sulfone groups is 1. The highest BCUT2D eigenvalue weighted by molar-refractivity contribution is 7.91. The number of hydrogen-bond donors (Lipinski definition) is 1. The predicted octanol–water partition coefficient (Wildman–Crippen LogP) is 1.60. The Morgan fingerprint density at radius 1 is 1.24 bits per heavy atom. The van der Waals surface area contributed by atoms with Crippen LogP contribution in [0, 0.1) is 0 Å². The van der Waals surface area contributed by atoms with Crippen molar-refractivity contribution in [3.05, 3.63) is 0 Å². The Bertz CT molecular complexity index is 277. The summed E-state index contributed by atoms with van der Waals surface area (Å²) in [4.78, 5) is 0. The van der Waals surface area contributed by atoms with Crippen LogP contribution in [0.15, 0.2) is 0 Å². The fraction of sp³-hybridized carbons (Fsp3) is 1.00. The third-order valence-electron chi connectivity index (χ3n) is 2.87. The van der Waals surface area contributed by atoms with Crippen LogP contribution in [-0.2, 0) is 14.6 Å². The van der Waals surface area contributed by atoms with Crippen molar-refractivity contribution < 1.29 is 13.2 Å². The number of nitrogens with one attached hydrogen (secondary N) is 1. The molecule has 0 aliphatic heterocycles. The second-order valence-electron chi connectivity index (χ2n) is 4.20. The van der Waals surface area contributed by atoms with Gasteiger partial charge < -0.3 is 10.1 Å². The summed E-state index contributed by atoms with van der Waals surface area (Å²) in [6.07, 6.45) is 1.67. The minimum Gasteiger partial charge on any atom is -0.377 e. The third-order valence-corrected chi connectivity index (χ3v) is 4.66. The van der Waals surface area contributed by atoms with E-state index >= 15 is 0 Å². The van der Waals surface area contributed by atoms with E-state index in [4.69, 9.17) is 4.74 Å². The van der Waals surface area contributed by atoms with Crippen LogP contribution in [0.4, 0.5) is 0 Å². The molecule has 0 heterocycles. The normalized spacial score (nSPS) is 15.8. The van der Waals surface area contributed by atoms with Crippen LogP contribution in [0.25, 0.3) is 0 Å². The maximum atomic E-state index is 11.4. The minimum atomic E-state index is -2.84. The summed E-state index contributed by atoms with van der Waals surface area (Å²) in [5.41, 5.74) is 0. The number of rotatable bonds is 10. The molecule has 0 saturated heterocycles. The highest BCUT2D eigenvalue weighted by Gasteiger charge is 2.17. The summed E-state index contributed by atoms with van der Waals surface area (Å²) in [5, 5.41) is 3.35. The number of likely N-dealkylation sites (N-methyl/N-ethyl adjacent to an activating group) is 1. The van der Waals surface area contributed by atoms with Crippen molar-refractivity contribution in [2.45, 2.75) is 52.7 Å². The standard InChI is InChI=1S/C12H27NO3S/c1-5-13-12(11(4)16-6-2)9-8-10-17(14,15)7-3/h11-13H,5-10H2,1-4H3. The molecule has 0 fully saturated rings. The average Bonchev–Trinajstić information content (AvgIpc) is 2.28. The quantitative estimate of drug-likeness (QED) is 0.652. The topological polar surface area (TPSA) is 55.4 Å². The summed E-state index contributed by atoms with van der Waals surface area (Å²) in [5.74, 6) is 0.518. The molecule has 0 radical (unpaired) electrons. The van der Waals surface area contributed by atoms with Gasteiger partial charge in [-0.2, -0.15) is 0 Å². The summed E-state index contributed by atoms with van der Waals surface area (Å²) >= 11 is 0. The van der Waals surface area contributed by atoms with Crippen molar-refractivity contribution in [1.82, 2.24) is 5.32 Å². The van der Waals surface area contributed by atoms with E-state index in [2.05, 4.69) is 12.2 Å². The zero-order valence-corrected chi connectivity index (χ0v) is 12.3. The molecule has 0 saturated carbocycles. The van der Waals surface area contributed by atoms with E-state index < -0.39 is 9.84 Å². The highest BCUT2D eigenvalue weighted by atomic mass is 32.2. The van der Waals surface area contributed by atoms with Gasteiger partial charge in [-0.3, -0.25) is 0 Å². The molecule has 0 aliphatic carbocycles. The zero-order valence-electron chi connectivity index (χ0n) is 11.5. The lowest BCUT2D eigenvalue weighted by Crippen LogP contribution is -2.40. The van der Waals surface area contributed by atoms with Crippen LogP contribution >= 0.6 is 0 Å². The van der Waals surface area contributed by atoms with E-state index in [0.29, 0.717) is 13.0 Å². The molecule has 17 heavy (non-hydrogen) atoms. The zero-order chi connectivity index (χ0) is 13.3. The SMILES string of the molecule is CCNC(CCCS(=O)(=O)CC)C(C)OCC. The van der Waals surface area contributed by atoms with E-state index in [1.165, 1.54) is 0 Å². The smallest absolute Gasteiger partial charge is 0.150 e. The third kappa shape index (κ3) is 7.73. The lowest BCUT2D eigenvalue weighted by atomic mass is 10.1. The summed E-state index contributed by atoms with van der Waals surface area (Å²) in [6.45, 7) is 9.32. The second-order valence-corrected chi connectivity index (χ2v) is 6.68. The molecule has 0 rings (SSSR count). The molecule has 2 atom stereocenters. The van der Waals surface area contributed by atoms with Crippen LogP contribution in [0.5, 0.6) is 0 Å². The summed E-state index contributed by atoms with van der Waals surface area (Å²) in [7, 11) is -2.84. The van der Waals surface area contributed by atoms with E-state index in [-0.39, 0.29) is 23.7 Å². The van der Waals surface area contributed by atoms with Crippen LogP contribution < -0.4 is 5.32 Å². The number of hydrogen-bond acceptors (Lipinski definition) is 4.